The average molecular weight is 189 g/mol. The fourth-order valence-corrected chi connectivity index (χ4v) is 0.785. The van der Waals surface area contributed by atoms with Gasteiger partial charge in [0.2, 0.25) is 0 Å². The molecule has 0 amide bonds. The minimum Gasteiger partial charge on any atom is -0.464 e. The fraction of sp³-hybridized carbons (Fsp3) is 0.714. The van der Waals surface area contributed by atoms with Gasteiger partial charge in [0.05, 0.1) is 7.11 Å². The van der Waals surface area contributed by atoms with Gasteiger partial charge in [-0.05, 0) is 6.92 Å². The van der Waals surface area contributed by atoms with Gasteiger partial charge in [0, 0.05) is 17.8 Å². The van der Waals surface area contributed by atoms with Gasteiger partial charge in [-0.2, -0.15) is 0 Å². The van der Waals surface area contributed by atoms with E-state index in [1.165, 1.54) is 6.92 Å². The van der Waals surface area contributed by atoms with Crippen LogP contribution in [-0.2, 0) is 14.3 Å². The van der Waals surface area contributed by atoms with E-state index in [0.29, 0.717) is 0 Å². The number of ketones is 1. The summed E-state index contributed by atoms with van der Waals surface area (Å²) in [7, 11) is 1.08. The summed E-state index contributed by atoms with van der Waals surface area (Å²) < 4.78 is 4.21. The van der Waals surface area contributed by atoms with Crippen LogP contribution in [0.4, 0.5) is 0 Å². The van der Waals surface area contributed by atoms with E-state index in [-0.39, 0.29) is 18.6 Å². The van der Waals surface area contributed by atoms with Crippen molar-refractivity contribution in [3.05, 3.63) is 10.1 Å². The summed E-state index contributed by atoms with van der Waals surface area (Å²) in [6.45, 7) is 1.31. The van der Waals surface area contributed by atoms with Gasteiger partial charge in [-0.3, -0.25) is 10.1 Å². The second kappa shape index (κ2) is 5.23. The summed E-state index contributed by atoms with van der Waals surface area (Å²) in [5, 5.41) is 10.3. The highest BCUT2D eigenvalue weighted by atomic mass is 16.6. The zero-order chi connectivity index (χ0) is 10.4. The van der Waals surface area contributed by atoms with Gasteiger partial charge in [0.25, 0.3) is 0 Å². The van der Waals surface area contributed by atoms with Gasteiger partial charge in [-0.15, -0.1) is 0 Å². The lowest BCUT2D eigenvalue weighted by Crippen LogP contribution is -2.31. The molecule has 6 nitrogen and oxygen atoms in total. The van der Waals surface area contributed by atoms with Crippen molar-refractivity contribution in [2.45, 2.75) is 25.8 Å². The van der Waals surface area contributed by atoms with Crippen LogP contribution in [0, 0.1) is 10.1 Å². The normalized spacial score (nSPS) is 11.8. The number of hydrogen-bond donors (Lipinski definition) is 0. The maximum Gasteiger partial charge on any atom is 0.381 e. The van der Waals surface area contributed by atoms with Crippen molar-refractivity contribution in [2.24, 2.45) is 0 Å². The van der Waals surface area contributed by atoms with Crippen molar-refractivity contribution in [3.8, 4) is 0 Å². The number of rotatable bonds is 5. The van der Waals surface area contributed by atoms with Crippen molar-refractivity contribution >= 4 is 11.8 Å². The second-order valence-electron chi connectivity index (χ2n) is 2.57. The van der Waals surface area contributed by atoms with E-state index in [9.17, 15) is 19.7 Å². The third-order valence-electron chi connectivity index (χ3n) is 1.50. The Bertz CT molecular complexity index is 225. The molecule has 1 atom stereocenters. The van der Waals surface area contributed by atoms with Gasteiger partial charge in [-0.25, -0.2) is 4.79 Å². The molecular weight excluding hydrogens is 178 g/mol. The Morgan fingerprint density at radius 1 is 1.54 bits per heavy atom. The first-order valence-electron chi connectivity index (χ1n) is 3.69. The van der Waals surface area contributed by atoms with Crippen LogP contribution in [0.1, 0.15) is 19.8 Å². The van der Waals surface area contributed by atoms with E-state index < -0.39 is 16.9 Å². The molecular formula is C7H11NO5. The van der Waals surface area contributed by atoms with Crippen LogP contribution in [0.2, 0.25) is 0 Å². The second-order valence-corrected chi connectivity index (χ2v) is 2.57. The van der Waals surface area contributed by atoms with Crippen LogP contribution >= 0.6 is 0 Å². The Morgan fingerprint density at radius 2 is 2.08 bits per heavy atom. The smallest absolute Gasteiger partial charge is 0.381 e. The molecule has 74 valence electrons. The van der Waals surface area contributed by atoms with E-state index in [4.69, 9.17) is 0 Å². The molecule has 0 aromatic rings. The zero-order valence-corrected chi connectivity index (χ0v) is 7.48. The molecule has 0 spiro atoms. The molecule has 0 aliphatic carbocycles. The predicted molar refractivity (Wildman–Crippen MR) is 42.7 cm³/mol. The Hall–Kier alpha value is -1.46. The predicted octanol–water partition coefficient (Wildman–Crippen LogP) is 0.174. The molecule has 0 radical (unpaired) electrons. The Morgan fingerprint density at radius 3 is 2.38 bits per heavy atom. The van der Waals surface area contributed by atoms with Crippen molar-refractivity contribution < 1.29 is 19.2 Å². The van der Waals surface area contributed by atoms with E-state index >= 15 is 0 Å². The molecule has 0 heterocycles. The maximum atomic E-state index is 10.8. The number of methoxy groups -OCH3 is 1. The Balaban J connectivity index is 4.18. The van der Waals surface area contributed by atoms with Crippen molar-refractivity contribution in [3.63, 3.8) is 0 Å². The van der Waals surface area contributed by atoms with Crippen molar-refractivity contribution in [1.82, 2.24) is 0 Å². The number of nitrogens with zero attached hydrogens (tertiary/aromatic N) is 1. The minimum absolute atomic E-state index is 0.0146. The lowest BCUT2D eigenvalue weighted by atomic mass is 10.1. The summed E-state index contributed by atoms with van der Waals surface area (Å²) >= 11 is 0. The van der Waals surface area contributed by atoms with Crippen molar-refractivity contribution in [1.29, 1.82) is 0 Å². The molecule has 0 aliphatic heterocycles. The SMILES string of the molecule is COC(=O)[C@@H](CCC(C)=O)[N+](=O)[O-]. The average Bonchev–Trinajstić information content (AvgIpc) is 2.03. The highest BCUT2D eigenvalue weighted by Crippen LogP contribution is 2.03. The van der Waals surface area contributed by atoms with E-state index in [1.807, 2.05) is 0 Å². The topological polar surface area (TPSA) is 86.5 Å². The third kappa shape index (κ3) is 4.19. The van der Waals surface area contributed by atoms with E-state index in [1.54, 1.807) is 0 Å². The lowest BCUT2D eigenvalue weighted by molar-refractivity contribution is -0.511. The Kier molecular flexibility index (Phi) is 4.64. The first kappa shape index (κ1) is 11.5. The summed E-state index contributed by atoms with van der Waals surface area (Å²) in [6.07, 6.45) is -0.0875. The molecule has 0 unspecified atom stereocenters. The van der Waals surface area contributed by atoms with Crippen LogP contribution in [0.15, 0.2) is 0 Å². The quantitative estimate of drug-likeness (QED) is 0.349. The molecule has 0 aromatic heterocycles. The molecule has 0 saturated carbocycles. The van der Waals surface area contributed by atoms with E-state index in [2.05, 4.69) is 4.74 Å². The summed E-state index contributed by atoms with van der Waals surface area (Å²) in [5.74, 6) is -1.10. The third-order valence-corrected chi connectivity index (χ3v) is 1.50. The van der Waals surface area contributed by atoms with Crippen LogP contribution in [0.25, 0.3) is 0 Å². The molecule has 0 rings (SSSR count). The number of hydrogen-bond acceptors (Lipinski definition) is 5. The number of carbonyl (C=O) groups is 2. The zero-order valence-electron chi connectivity index (χ0n) is 7.48. The van der Waals surface area contributed by atoms with Crippen LogP contribution in [0.3, 0.4) is 0 Å². The molecule has 0 N–H and O–H groups in total. The number of carbonyl (C=O) groups excluding carboxylic acids is 2. The summed E-state index contributed by atoms with van der Waals surface area (Å²) in [4.78, 5) is 30.9. The van der Waals surface area contributed by atoms with E-state index in [0.717, 1.165) is 7.11 Å². The first-order valence-corrected chi connectivity index (χ1v) is 3.69. The van der Waals surface area contributed by atoms with Gasteiger partial charge in [0.1, 0.15) is 5.78 Å². The highest BCUT2D eigenvalue weighted by Gasteiger charge is 2.30. The lowest BCUT2D eigenvalue weighted by Gasteiger charge is -2.05. The number of Topliss-reactive ketones (excluding diaryl/α,β-unsaturated/α-hetero) is 1. The molecule has 13 heavy (non-hydrogen) atoms. The summed E-state index contributed by atoms with van der Waals surface area (Å²) in [5.41, 5.74) is 0. The van der Waals surface area contributed by atoms with Gasteiger partial charge in [-0.1, -0.05) is 0 Å². The Labute approximate surface area is 75.0 Å². The van der Waals surface area contributed by atoms with Gasteiger partial charge < -0.3 is 9.53 Å². The maximum absolute atomic E-state index is 10.8. The molecule has 0 bridgehead atoms. The first-order chi connectivity index (χ1) is 5.99. The largest absolute Gasteiger partial charge is 0.464 e. The minimum atomic E-state index is -1.42. The number of nitro groups is 1. The van der Waals surface area contributed by atoms with Gasteiger partial charge >= 0.3 is 12.0 Å². The van der Waals surface area contributed by atoms with Crippen LogP contribution in [-0.4, -0.2) is 29.8 Å². The van der Waals surface area contributed by atoms with Crippen LogP contribution in [0.5, 0.6) is 0 Å². The molecule has 0 aliphatic rings. The molecule has 6 heteroatoms. The highest BCUT2D eigenvalue weighted by molar-refractivity contribution is 5.78. The van der Waals surface area contributed by atoms with Gasteiger partial charge in [0.15, 0.2) is 0 Å². The standard InChI is InChI=1S/C7H11NO5/c1-5(9)3-4-6(8(11)12)7(10)13-2/h6H,3-4H2,1-2H3/t6-/m1/s1. The number of ether oxygens (including phenoxy) is 1. The molecule has 0 saturated heterocycles. The molecule has 0 fully saturated rings. The van der Waals surface area contributed by atoms with Crippen LogP contribution < -0.4 is 0 Å². The number of esters is 1. The molecule has 0 aromatic carbocycles. The van der Waals surface area contributed by atoms with Crippen molar-refractivity contribution in [2.75, 3.05) is 7.11 Å². The fourth-order valence-electron chi connectivity index (χ4n) is 0.785. The monoisotopic (exact) mass is 189 g/mol. The summed E-state index contributed by atoms with van der Waals surface area (Å²) in [6, 6.07) is -1.42.